The van der Waals surface area contributed by atoms with Crippen LogP contribution in [-0.2, 0) is 5.41 Å². The molecule has 0 saturated carbocycles. The molecule has 0 spiro atoms. The molecule has 0 bridgehead atoms. The molecule has 0 radical (unpaired) electrons. The number of ketones is 1. The second kappa shape index (κ2) is 5.88. The van der Waals surface area contributed by atoms with Crippen molar-refractivity contribution in [3.8, 4) is 6.07 Å². The Labute approximate surface area is 125 Å². The van der Waals surface area contributed by atoms with E-state index in [0.717, 1.165) is 5.56 Å². The lowest BCUT2D eigenvalue weighted by Gasteiger charge is -2.19. The Bertz CT molecular complexity index is 661. The van der Waals surface area contributed by atoms with Gasteiger partial charge in [0.15, 0.2) is 5.78 Å². The molecule has 2 rings (SSSR count). The summed E-state index contributed by atoms with van der Waals surface area (Å²) in [5, 5.41) is 9.35. The number of Topliss-reactive ketones (excluding diaryl/α,β-unsaturated/α-hetero) is 1. The largest absolute Gasteiger partial charge is 0.292 e. The molecule has 0 aliphatic heterocycles. The minimum absolute atomic E-state index is 0.0514. The normalized spacial score (nSPS) is 12.5. The number of hydrogen-bond donors (Lipinski definition) is 0. The van der Waals surface area contributed by atoms with Gasteiger partial charge in [0, 0.05) is 18.0 Å². The summed E-state index contributed by atoms with van der Waals surface area (Å²) in [7, 11) is 0. The average molecular weight is 278 g/mol. The fraction of sp³-hybridized carbons (Fsp3) is 0.278. The molecule has 1 atom stereocenters. The van der Waals surface area contributed by atoms with Crippen molar-refractivity contribution >= 4 is 5.78 Å². The van der Waals surface area contributed by atoms with E-state index < -0.39 is 5.92 Å². The summed E-state index contributed by atoms with van der Waals surface area (Å²) in [5.41, 5.74) is 2.47. The third-order valence-electron chi connectivity index (χ3n) is 3.47. The number of carbonyl (C=O) groups is 1. The third kappa shape index (κ3) is 3.35. The van der Waals surface area contributed by atoms with Gasteiger partial charge in [-0.15, -0.1) is 0 Å². The molecule has 0 saturated heterocycles. The fourth-order valence-electron chi connectivity index (χ4n) is 2.14. The Morgan fingerprint density at radius 3 is 2.14 bits per heavy atom. The molecule has 0 aliphatic carbocycles. The van der Waals surface area contributed by atoms with Gasteiger partial charge < -0.3 is 0 Å². The van der Waals surface area contributed by atoms with Gasteiger partial charge >= 0.3 is 0 Å². The maximum absolute atomic E-state index is 12.4. The monoisotopic (exact) mass is 278 g/mol. The van der Waals surface area contributed by atoms with Crippen molar-refractivity contribution in [3.05, 3.63) is 65.5 Å². The lowest BCUT2D eigenvalue weighted by molar-refractivity contribution is 0.0979. The van der Waals surface area contributed by atoms with Crippen molar-refractivity contribution in [2.24, 2.45) is 0 Å². The molecule has 106 valence electrons. The highest BCUT2D eigenvalue weighted by molar-refractivity contribution is 6.02. The molecule has 0 aliphatic rings. The van der Waals surface area contributed by atoms with E-state index in [2.05, 4.69) is 31.8 Å². The van der Waals surface area contributed by atoms with Crippen LogP contribution in [0.4, 0.5) is 0 Å². The molecule has 1 aromatic carbocycles. The molecule has 2 aromatic rings. The van der Waals surface area contributed by atoms with Crippen LogP contribution in [0.1, 0.15) is 48.2 Å². The van der Waals surface area contributed by atoms with Crippen LogP contribution in [0.25, 0.3) is 0 Å². The first-order chi connectivity index (χ1) is 9.93. The highest BCUT2D eigenvalue weighted by Gasteiger charge is 2.22. The van der Waals surface area contributed by atoms with E-state index in [1.807, 2.05) is 24.3 Å². The van der Waals surface area contributed by atoms with Gasteiger partial charge in [0.25, 0.3) is 0 Å². The van der Waals surface area contributed by atoms with Crippen LogP contribution in [0, 0.1) is 11.3 Å². The van der Waals surface area contributed by atoms with E-state index in [-0.39, 0.29) is 11.2 Å². The Hall–Kier alpha value is -2.47. The maximum Gasteiger partial charge on any atom is 0.184 e. The number of pyridine rings is 1. The second-order valence-electron chi connectivity index (χ2n) is 6.03. The number of hydrogen-bond acceptors (Lipinski definition) is 3. The fourth-order valence-corrected chi connectivity index (χ4v) is 2.14. The van der Waals surface area contributed by atoms with Crippen LogP contribution in [0.15, 0.2) is 48.8 Å². The van der Waals surface area contributed by atoms with E-state index >= 15 is 0 Å². The van der Waals surface area contributed by atoms with Gasteiger partial charge in [0.05, 0.1) is 6.07 Å². The summed E-state index contributed by atoms with van der Waals surface area (Å²) in [5.74, 6) is -0.968. The summed E-state index contributed by atoms with van der Waals surface area (Å²) in [6.45, 7) is 6.39. The summed E-state index contributed by atoms with van der Waals surface area (Å²) in [6, 6.07) is 13.1. The molecular weight excluding hydrogens is 260 g/mol. The zero-order valence-electron chi connectivity index (χ0n) is 12.5. The van der Waals surface area contributed by atoms with Crippen LogP contribution >= 0.6 is 0 Å². The molecule has 0 N–H and O–H groups in total. The standard InChI is InChI=1S/C18H18N2O/c1-18(2,3)15-6-4-13(5-7-15)16(12-19)17(21)14-8-10-20-11-9-14/h4-11,16H,1-3H3. The maximum atomic E-state index is 12.4. The van der Waals surface area contributed by atoms with Gasteiger partial charge in [-0.25, -0.2) is 0 Å². The van der Waals surface area contributed by atoms with Crippen molar-refractivity contribution in [2.75, 3.05) is 0 Å². The highest BCUT2D eigenvalue weighted by atomic mass is 16.1. The number of benzene rings is 1. The highest BCUT2D eigenvalue weighted by Crippen LogP contribution is 2.26. The SMILES string of the molecule is CC(C)(C)c1ccc(C(C#N)C(=O)c2ccncc2)cc1. The summed E-state index contributed by atoms with van der Waals surface area (Å²) in [4.78, 5) is 16.3. The number of nitrogens with zero attached hydrogens (tertiary/aromatic N) is 2. The van der Waals surface area contributed by atoms with E-state index in [1.54, 1.807) is 24.5 Å². The number of nitriles is 1. The van der Waals surface area contributed by atoms with Gasteiger partial charge in [-0.1, -0.05) is 45.0 Å². The molecule has 0 fully saturated rings. The first kappa shape index (κ1) is 14.9. The van der Waals surface area contributed by atoms with Crippen molar-refractivity contribution in [3.63, 3.8) is 0 Å². The van der Waals surface area contributed by atoms with Gasteiger partial charge in [0.2, 0.25) is 0 Å². The van der Waals surface area contributed by atoms with Crippen molar-refractivity contribution in [2.45, 2.75) is 32.1 Å². The molecule has 3 heteroatoms. The van der Waals surface area contributed by atoms with Gasteiger partial charge in [-0.3, -0.25) is 9.78 Å². The Balaban J connectivity index is 2.31. The van der Waals surface area contributed by atoms with Crippen LogP contribution in [0.2, 0.25) is 0 Å². The van der Waals surface area contributed by atoms with Gasteiger partial charge in [-0.05, 0) is 28.7 Å². The van der Waals surface area contributed by atoms with E-state index in [1.165, 1.54) is 5.56 Å². The van der Waals surface area contributed by atoms with Crippen LogP contribution < -0.4 is 0 Å². The quantitative estimate of drug-likeness (QED) is 0.801. The van der Waals surface area contributed by atoms with Crippen LogP contribution in [0.5, 0.6) is 0 Å². The van der Waals surface area contributed by atoms with Gasteiger partial charge in [0.1, 0.15) is 5.92 Å². The summed E-state index contributed by atoms with van der Waals surface area (Å²) >= 11 is 0. The Kier molecular flexibility index (Phi) is 4.18. The molecule has 3 nitrogen and oxygen atoms in total. The summed E-state index contributed by atoms with van der Waals surface area (Å²) in [6.07, 6.45) is 3.12. The molecule has 1 aromatic heterocycles. The van der Waals surface area contributed by atoms with Crippen LogP contribution in [-0.4, -0.2) is 10.8 Å². The van der Waals surface area contributed by atoms with E-state index in [0.29, 0.717) is 5.56 Å². The first-order valence-corrected chi connectivity index (χ1v) is 6.88. The van der Waals surface area contributed by atoms with Crippen molar-refractivity contribution in [1.82, 2.24) is 4.98 Å². The predicted molar refractivity (Wildman–Crippen MR) is 82.1 cm³/mol. The van der Waals surface area contributed by atoms with Crippen molar-refractivity contribution in [1.29, 1.82) is 5.26 Å². The molecule has 21 heavy (non-hydrogen) atoms. The predicted octanol–water partition coefficient (Wildman–Crippen LogP) is 3.87. The van der Waals surface area contributed by atoms with Gasteiger partial charge in [-0.2, -0.15) is 5.26 Å². The lowest BCUT2D eigenvalue weighted by Crippen LogP contribution is -2.13. The zero-order valence-corrected chi connectivity index (χ0v) is 12.5. The molecule has 0 amide bonds. The summed E-state index contributed by atoms with van der Waals surface area (Å²) < 4.78 is 0. The van der Waals surface area contributed by atoms with Crippen LogP contribution in [0.3, 0.4) is 0 Å². The smallest absolute Gasteiger partial charge is 0.184 e. The van der Waals surface area contributed by atoms with E-state index in [4.69, 9.17) is 0 Å². The molecule has 1 unspecified atom stereocenters. The third-order valence-corrected chi connectivity index (χ3v) is 3.47. The lowest BCUT2D eigenvalue weighted by atomic mass is 9.84. The van der Waals surface area contributed by atoms with E-state index in [9.17, 15) is 10.1 Å². The Morgan fingerprint density at radius 2 is 1.67 bits per heavy atom. The average Bonchev–Trinajstić information content (AvgIpc) is 2.48. The molecular formula is C18H18N2O. The second-order valence-corrected chi connectivity index (χ2v) is 6.03. The Morgan fingerprint density at radius 1 is 1.10 bits per heavy atom. The van der Waals surface area contributed by atoms with Crippen molar-refractivity contribution < 1.29 is 4.79 Å². The first-order valence-electron chi connectivity index (χ1n) is 6.88. The number of aromatic nitrogens is 1. The minimum atomic E-state index is -0.776. The molecule has 1 heterocycles. The minimum Gasteiger partial charge on any atom is -0.292 e. The topological polar surface area (TPSA) is 53.8 Å². The number of carbonyl (C=O) groups excluding carboxylic acids is 1. The number of rotatable bonds is 3. The zero-order chi connectivity index (χ0) is 15.5.